The highest BCUT2D eigenvalue weighted by Crippen LogP contribution is 2.49. The van der Waals surface area contributed by atoms with Crippen molar-refractivity contribution in [2.24, 2.45) is 5.41 Å². The Morgan fingerprint density at radius 1 is 1.00 bits per heavy atom. The molecular weight excluding hydrogens is 412 g/mol. The molecule has 34 heavy (non-hydrogen) atoms. The lowest BCUT2D eigenvalue weighted by Gasteiger charge is -2.48. The number of nitrogens with zero attached hydrogens (tertiary/aromatic N) is 2. The van der Waals surface area contributed by atoms with Crippen molar-refractivity contribution in [3.05, 3.63) is 69.3 Å². The predicted molar refractivity (Wildman–Crippen MR) is 145 cm³/mol. The van der Waals surface area contributed by atoms with E-state index in [0.717, 1.165) is 25.1 Å². The van der Waals surface area contributed by atoms with Gasteiger partial charge in [-0.3, -0.25) is 0 Å². The summed E-state index contributed by atoms with van der Waals surface area (Å²) in [5, 5.41) is 9.53. The van der Waals surface area contributed by atoms with Gasteiger partial charge in [-0.1, -0.05) is 78.2 Å². The van der Waals surface area contributed by atoms with Crippen LogP contribution in [0.5, 0.6) is 0 Å². The zero-order valence-electron chi connectivity index (χ0n) is 22.0. The zero-order chi connectivity index (χ0) is 24.9. The van der Waals surface area contributed by atoms with Crippen molar-refractivity contribution in [1.29, 1.82) is 5.26 Å². The highest BCUT2D eigenvalue weighted by Gasteiger charge is 2.39. The minimum absolute atomic E-state index is 0.0151. The monoisotopic (exact) mass is 450 g/mol. The summed E-state index contributed by atoms with van der Waals surface area (Å²) in [6.45, 7) is 18.5. The number of nitriles is 1. The molecule has 2 aliphatic heterocycles. The molecule has 0 bridgehead atoms. The summed E-state index contributed by atoms with van der Waals surface area (Å²) in [6, 6.07) is 7.01. The van der Waals surface area contributed by atoms with Crippen LogP contribution in [0, 0.1) is 29.1 Å². The topological polar surface area (TPSA) is 27.0 Å². The smallest absolute Gasteiger partial charge is 0.109 e. The zero-order valence-corrected chi connectivity index (χ0v) is 22.0. The van der Waals surface area contributed by atoms with E-state index in [-0.39, 0.29) is 16.2 Å². The first kappa shape index (κ1) is 24.2. The summed E-state index contributed by atoms with van der Waals surface area (Å²) in [7, 11) is 0. The van der Waals surface area contributed by atoms with E-state index in [9.17, 15) is 5.26 Å². The lowest BCUT2D eigenvalue weighted by atomic mass is 9.69. The summed E-state index contributed by atoms with van der Waals surface area (Å²) in [4.78, 5) is 2.61. The molecule has 176 valence electrons. The Kier molecular flexibility index (Phi) is 5.94. The van der Waals surface area contributed by atoms with E-state index in [1.807, 2.05) is 0 Å². The number of allylic oxidation sites excluding steroid dienone is 7. The van der Waals surface area contributed by atoms with Gasteiger partial charge in [0.1, 0.15) is 11.6 Å². The number of hydrogen-bond donors (Lipinski definition) is 0. The van der Waals surface area contributed by atoms with Crippen LogP contribution < -0.4 is 4.90 Å². The molecule has 0 aromatic heterocycles. The van der Waals surface area contributed by atoms with E-state index in [1.54, 1.807) is 0 Å². The van der Waals surface area contributed by atoms with Crippen molar-refractivity contribution in [2.45, 2.75) is 78.6 Å². The van der Waals surface area contributed by atoms with Crippen molar-refractivity contribution < 1.29 is 0 Å². The van der Waals surface area contributed by atoms with Crippen LogP contribution in [0.25, 0.3) is 6.08 Å². The van der Waals surface area contributed by atoms with Gasteiger partial charge in [-0.25, -0.2) is 0 Å². The average Bonchev–Trinajstić information content (AvgIpc) is 2.76. The Labute approximate surface area is 206 Å². The second-order valence-electron chi connectivity index (χ2n) is 12.5. The maximum atomic E-state index is 9.53. The van der Waals surface area contributed by atoms with E-state index in [0.29, 0.717) is 5.57 Å². The number of benzene rings is 1. The molecule has 2 heterocycles. The Bertz CT molecular complexity index is 1170. The van der Waals surface area contributed by atoms with Crippen LogP contribution in [-0.4, -0.2) is 13.1 Å². The van der Waals surface area contributed by atoms with Gasteiger partial charge in [-0.05, 0) is 76.0 Å². The van der Waals surface area contributed by atoms with Crippen LogP contribution >= 0.6 is 0 Å². The molecule has 0 unspecified atom stereocenters. The molecule has 1 aromatic carbocycles. The lowest BCUT2D eigenvalue weighted by Crippen LogP contribution is -2.44. The van der Waals surface area contributed by atoms with E-state index in [2.05, 4.69) is 102 Å². The van der Waals surface area contributed by atoms with Crippen molar-refractivity contribution in [1.82, 2.24) is 0 Å². The average molecular weight is 451 g/mol. The van der Waals surface area contributed by atoms with Crippen molar-refractivity contribution in [3.8, 4) is 18.4 Å². The Morgan fingerprint density at radius 2 is 1.59 bits per heavy atom. The van der Waals surface area contributed by atoms with Crippen molar-refractivity contribution >= 4 is 11.8 Å². The van der Waals surface area contributed by atoms with Crippen LogP contribution in [0.4, 0.5) is 5.69 Å². The summed E-state index contributed by atoms with van der Waals surface area (Å²) in [6.07, 6.45) is 17.6. The van der Waals surface area contributed by atoms with Gasteiger partial charge in [0.05, 0.1) is 0 Å². The fourth-order valence-corrected chi connectivity index (χ4v) is 5.43. The molecule has 3 aliphatic rings. The molecule has 0 saturated carbocycles. The Balaban J connectivity index is 1.79. The van der Waals surface area contributed by atoms with Gasteiger partial charge in [-0.2, -0.15) is 5.26 Å². The van der Waals surface area contributed by atoms with Gasteiger partial charge in [0, 0.05) is 24.4 Å². The number of hydrogen-bond acceptors (Lipinski definition) is 2. The van der Waals surface area contributed by atoms with Crippen LogP contribution in [0.15, 0.2) is 52.7 Å². The van der Waals surface area contributed by atoms with Gasteiger partial charge in [0.25, 0.3) is 0 Å². The fourth-order valence-electron chi connectivity index (χ4n) is 5.43. The quantitative estimate of drug-likeness (QED) is 0.342. The molecule has 1 aliphatic carbocycles. The van der Waals surface area contributed by atoms with Crippen LogP contribution in [0.1, 0.15) is 84.4 Å². The first-order chi connectivity index (χ1) is 15.9. The molecule has 1 aromatic rings. The van der Waals surface area contributed by atoms with Gasteiger partial charge >= 0.3 is 0 Å². The second-order valence-corrected chi connectivity index (χ2v) is 12.5. The summed E-state index contributed by atoms with van der Waals surface area (Å²) < 4.78 is 0. The van der Waals surface area contributed by atoms with Gasteiger partial charge in [-0.15, -0.1) is 6.42 Å². The Morgan fingerprint density at radius 3 is 2.09 bits per heavy atom. The number of anilines is 1. The highest BCUT2D eigenvalue weighted by atomic mass is 15.2. The lowest BCUT2D eigenvalue weighted by molar-refractivity contribution is 0.401. The van der Waals surface area contributed by atoms with Gasteiger partial charge in [0.2, 0.25) is 0 Å². The van der Waals surface area contributed by atoms with Crippen LogP contribution in [0.2, 0.25) is 0 Å². The molecule has 0 atom stereocenters. The minimum atomic E-state index is 0.0151. The maximum Gasteiger partial charge on any atom is 0.109 e. The summed E-state index contributed by atoms with van der Waals surface area (Å²) in [5.41, 5.74) is 9.81. The third kappa shape index (κ3) is 4.40. The Hall–Kier alpha value is -2.97. The van der Waals surface area contributed by atoms with Crippen molar-refractivity contribution in [3.63, 3.8) is 0 Å². The molecule has 0 fully saturated rings. The summed E-state index contributed by atoms with van der Waals surface area (Å²) >= 11 is 0. The predicted octanol–water partition coefficient (Wildman–Crippen LogP) is 7.62. The normalized spacial score (nSPS) is 22.3. The molecule has 0 radical (unpaired) electrons. The third-order valence-corrected chi connectivity index (χ3v) is 7.98. The largest absolute Gasteiger partial charge is 0.371 e. The molecule has 2 heteroatoms. The number of rotatable bonds is 2. The fraction of sp³-hybridized carbons (Fsp3) is 0.469. The first-order valence-electron chi connectivity index (χ1n) is 12.5. The SMILES string of the molecule is C#CC(C#N)=C1C=C(C=Cc2cc3c4c(c2)C(C)(C)CCN4CCC3(C)C)CC(C(C)(C)C)=C1. The maximum absolute atomic E-state index is 9.53. The van der Waals surface area contributed by atoms with Crippen molar-refractivity contribution in [2.75, 3.05) is 18.0 Å². The van der Waals surface area contributed by atoms with E-state index in [4.69, 9.17) is 6.42 Å². The van der Waals surface area contributed by atoms with Crippen LogP contribution in [0.3, 0.4) is 0 Å². The first-order valence-corrected chi connectivity index (χ1v) is 12.5. The van der Waals surface area contributed by atoms with E-state index in [1.165, 1.54) is 46.4 Å². The molecule has 0 spiro atoms. The molecule has 0 N–H and O–H groups in total. The van der Waals surface area contributed by atoms with E-state index >= 15 is 0 Å². The summed E-state index contributed by atoms with van der Waals surface area (Å²) in [5.74, 6) is 2.57. The van der Waals surface area contributed by atoms with Gasteiger partial charge < -0.3 is 4.90 Å². The van der Waals surface area contributed by atoms with E-state index < -0.39 is 0 Å². The van der Waals surface area contributed by atoms with Crippen LogP contribution in [-0.2, 0) is 10.8 Å². The molecule has 0 amide bonds. The second kappa shape index (κ2) is 8.36. The third-order valence-electron chi connectivity index (χ3n) is 7.98. The molecule has 0 saturated heterocycles. The van der Waals surface area contributed by atoms with Gasteiger partial charge in [0.15, 0.2) is 0 Å². The molecule has 2 nitrogen and oxygen atoms in total. The standard InChI is InChI=1S/C32H38N2/c1-9-24(21-33)25-16-22(17-26(20-25)30(2,3)4)10-11-23-18-27-29-28(19-23)32(7,8)13-15-34(29)14-12-31(27,5)6/h1,10-11,16,18-20H,12-15,17H2,2-8H3. The number of terminal acetylenes is 1. The highest BCUT2D eigenvalue weighted by molar-refractivity contribution is 5.72. The molecule has 4 rings (SSSR count). The molecular formula is C32H38N2. The minimum Gasteiger partial charge on any atom is -0.371 e.